The van der Waals surface area contributed by atoms with Gasteiger partial charge in [-0.2, -0.15) is 0 Å². The minimum Gasteiger partial charge on any atom is -0.504 e. The Balaban J connectivity index is 2.13. The third-order valence-electron chi connectivity index (χ3n) is 4.62. The lowest BCUT2D eigenvalue weighted by molar-refractivity contribution is 0.0592. The fourth-order valence-electron chi connectivity index (χ4n) is 3.08. The molecule has 2 N–H and O–H groups in total. The number of anilines is 1. The van der Waals surface area contributed by atoms with Crippen molar-refractivity contribution in [2.45, 2.75) is 32.5 Å². The van der Waals surface area contributed by atoms with Crippen LogP contribution in [-0.2, 0) is 0 Å². The standard InChI is InChI=1S/C19H21BrN2O3/c1-4-11(2)22-18(13-9-16(23)17(25-3)10-14(13)20)21-15-8-6-5-7-12(15)19(22)24/h5-11,18,21,23H,4H2,1-3H3/t11-,18-/m0/s1. The molecule has 1 heterocycles. The third kappa shape index (κ3) is 3.06. The zero-order chi connectivity index (χ0) is 18.1. The molecule has 1 aliphatic rings. The summed E-state index contributed by atoms with van der Waals surface area (Å²) in [5.74, 6) is 0.405. The number of methoxy groups -OCH3 is 1. The summed E-state index contributed by atoms with van der Waals surface area (Å²) in [7, 11) is 1.51. The van der Waals surface area contributed by atoms with Gasteiger partial charge >= 0.3 is 0 Å². The van der Waals surface area contributed by atoms with E-state index in [1.807, 2.05) is 36.1 Å². The molecule has 0 fully saturated rings. The van der Waals surface area contributed by atoms with Gasteiger partial charge in [0.05, 0.1) is 12.7 Å². The van der Waals surface area contributed by atoms with Gasteiger partial charge in [-0.15, -0.1) is 0 Å². The monoisotopic (exact) mass is 404 g/mol. The maximum absolute atomic E-state index is 13.1. The fraction of sp³-hybridized carbons (Fsp3) is 0.316. The molecule has 0 unspecified atom stereocenters. The Morgan fingerprint density at radius 1 is 1.36 bits per heavy atom. The summed E-state index contributed by atoms with van der Waals surface area (Å²) in [5.41, 5.74) is 2.23. The Morgan fingerprint density at radius 3 is 2.76 bits per heavy atom. The van der Waals surface area contributed by atoms with E-state index in [9.17, 15) is 9.90 Å². The highest BCUT2D eigenvalue weighted by atomic mass is 79.9. The van der Waals surface area contributed by atoms with Gasteiger partial charge in [0.15, 0.2) is 11.5 Å². The molecule has 2 aromatic rings. The van der Waals surface area contributed by atoms with E-state index < -0.39 is 0 Å². The first-order valence-electron chi connectivity index (χ1n) is 8.22. The van der Waals surface area contributed by atoms with E-state index in [0.717, 1.165) is 22.1 Å². The number of phenolic OH excluding ortho intramolecular Hbond substituents is 1. The van der Waals surface area contributed by atoms with E-state index in [1.54, 1.807) is 12.1 Å². The summed E-state index contributed by atoms with van der Waals surface area (Å²) >= 11 is 3.55. The Bertz CT molecular complexity index is 809. The molecule has 0 bridgehead atoms. The molecule has 1 amide bonds. The number of benzene rings is 2. The van der Waals surface area contributed by atoms with Crippen LogP contribution < -0.4 is 10.1 Å². The number of carbonyl (C=O) groups is 1. The Morgan fingerprint density at radius 2 is 2.08 bits per heavy atom. The van der Waals surface area contributed by atoms with Crippen molar-refractivity contribution in [1.29, 1.82) is 0 Å². The Hall–Kier alpha value is -2.21. The lowest BCUT2D eigenvalue weighted by Gasteiger charge is -2.42. The summed E-state index contributed by atoms with van der Waals surface area (Å²) < 4.78 is 5.92. The van der Waals surface area contributed by atoms with Gasteiger partial charge in [0.25, 0.3) is 5.91 Å². The van der Waals surface area contributed by atoms with E-state index in [4.69, 9.17) is 4.74 Å². The number of carbonyl (C=O) groups excluding carboxylic acids is 1. The van der Waals surface area contributed by atoms with Crippen LogP contribution in [0.3, 0.4) is 0 Å². The summed E-state index contributed by atoms with van der Waals surface area (Å²) in [6, 6.07) is 10.9. The highest BCUT2D eigenvalue weighted by Gasteiger charge is 2.36. The van der Waals surface area contributed by atoms with E-state index in [0.29, 0.717) is 11.3 Å². The first kappa shape index (κ1) is 17.6. The first-order valence-corrected chi connectivity index (χ1v) is 9.01. The van der Waals surface area contributed by atoms with Crippen LogP contribution in [0.15, 0.2) is 40.9 Å². The van der Waals surface area contributed by atoms with Gasteiger partial charge in [0.1, 0.15) is 6.17 Å². The van der Waals surface area contributed by atoms with Crippen LogP contribution >= 0.6 is 15.9 Å². The van der Waals surface area contributed by atoms with Crippen molar-refractivity contribution in [2.75, 3.05) is 12.4 Å². The molecule has 25 heavy (non-hydrogen) atoms. The fourth-order valence-corrected chi connectivity index (χ4v) is 3.62. The highest BCUT2D eigenvalue weighted by Crippen LogP contribution is 2.41. The van der Waals surface area contributed by atoms with Gasteiger partial charge in [0, 0.05) is 21.8 Å². The van der Waals surface area contributed by atoms with E-state index in [2.05, 4.69) is 28.2 Å². The smallest absolute Gasteiger partial charge is 0.258 e. The second-order valence-corrected chi connectivity index (χ2v) is 6.96. The van der Waals surface area contributed by atoms with Crippen LogP contribution in [0.25, 0.3) is 0 Å². The second-order valence-electron chi connectivity index (χ2n) is 6.11. The molecule has 0 saturated carbocycles. The topological polar surface area (TPSA) is 61.8 Å². The number of hydrogen-bond acceptors (Lipinski definition) is 4. The third-order valence-corrected chi connectivity index (χ3v) is 5.31. The number of nitrogens with zero attached hydrogens (tertiary/aromatic N) is 1. The Kier molecular flexibility index (Phi) is 4.90. The molecule has 1 aliphatic heterocycles. The molecule has 132 valence electrons. The van der Waals surface area contributed by atoms with Crippen LogP contribution in [0.5, 0.6) is 11.5 Å². The maximum Gasteiger partial charge on any atom is 0.258 e. The Labute approximate surface area is 155 Å². The van der Waals surface area contributed by atoms with Gasteiger partial charge in [0.2, 0.25) is 0 Å². The zero-order valence-corrected chi connectivity index (χ0v) is 16.0. The number of hydrogen-bond donors (Lipinski definition) is 2. The van der Waals surface area contributed by atoms with Crippen LogP contribution in [0.4, 0.5) is 5.69 Å². The lowest BCUT2D eigenvalue weighted by Crippen LogP contribution is -2.47. The van der Waals surface area contributed by atoms with Crippen molar-refractivity contribution in [1.82, 2.24) is 4.90 Å². The quantitative estimate of drug-likeness (QED) is 0.785. The molecule has 0 aromatic heterocycles. The van der Waals surface area contributed by atoms with Crippen molar-refractivity contribution in [2.24, 2.45) is 0 Å². The number of amides is 1. The van der Waals surface area contributed by atoms with Crippen LogP contribution in [0.2, 0.25) is 0 Å². The van der Waals surface area contributed by atoms with Crippen molar-refractivity contribution in [3.8, 4) is 11.5 Å². The molecule has 2 aromatic carbocycles. The number of para-hydroxylation sites is 1. The number of phenols is 1. The van der Waals surface area contributed by atoms with Crippen molar-refractivity contribution < 1.29 is 14.6 Å². The summed E-state index contributed by atoms with van der Waals surface area (Å²) in [5, 5.41) is 13.7. The van der Waals surface area contributed by atoms with Crippen LogP contribution in [0, 0.1) is 0 Å². The number of nitrogens with one attached hydrogen (secondary N) is 1. The van der Waals surface area contributed by atoms with Gasteiger partial charge in [-0.25, -0.2) is 0 Å². The van der Waals surface area contributed by atoms with Crippen molar-refractivity contribution >= 4 is 27.5 Å². The first-order chi connectivity index (χ1) is 12.0. The molecule has 5 nitrogen and oxygen atoms in total. The van der Waals surface area contributed by atoms with Crippen LogP contribution in [0.1, 0.15) is 42.4 Å². The van der Waals surface area contributed by atoms with E-state index in [1.165, 1.54) is 7.11 Å². The summed E-state index contributed by atoms with van der Waals surface area (Å²) in [6.45, 7) is 4.08. The number of fused-ring (bicyclic) bond motifs is 1. The number of halogens is 1. The van der Waals surface area contributed by atoms with E-state index >= 15 is 0 Å². The predicted octanol–water partition coefficient (Wildman–Crippen LogP) is 4.53. The molecular weight excluding hydrogens is 384 g/mol. The minimum atomic E-state index is -0.386. The number of rotatable bonds is 4. The summed E-state index contributed by atoms with van der Waals surface area (Å²) in [6.07, 6.45) is 0.440. The molecule has 0 radical (unpaired) electrons. The van der Waals surface area contributed by atoms with Crippen molar-refractivity contribution in [3.63, 3.8) is 0 Å². The number of aromatic hydroxyl groups is 1. The van der Waals surface area contributed by atoms with Crippen molar-refractivity contribution in [3.05, 3.63) is 52.0 Å². The molecular formula is C19H21BrN2O3. The average Bonchev–Trinajstić information content (AvgIpc) is 2.62. The second kappa shape index (κ2) is 6.96. The lowest BCUT2D eigenvalue weighted by atomic mass is 10.0. The minimum absolute atomic E-state index is 0.0177. The molecule has 0 saturated heterocycles. The van der Waals surface area contributed by atoms with Crippen LogP contribution in [-0.4, -0.2) is 29.1 Å². The van der Waals surface area contributed by atoms with Gasteiger partial charge in [-0.05, 0) is 37.6 Å². The van der Waals surface area contributed by atoms with Gasteiger partial charge < -0.3 is 20.1 Å². The highest BCUT2D eigenvalue weighted by molar-refractivity contribution is 9.10. The summed E-state index contributed by atoms with van der Waals surface area (Å²) in [4.78, 5) is 14.9. The van der Waals surface area contributed by atoms with Gasteiger partial charge in [-0.3, -0.25) is 4.79 Å². The van der Waals surface area contributed by atoms with Gasteiger partial charge in [-0.1, -0.05) is 35.0 Å². The SMILES string of the molecule is CC[C@H](C)N1C(=O)c2ccccc2N[C@@H]1c1cc(O)c(OC)cc1Br. The largest absolute Gasteiger partial charge is 0.504 e. The molecule has 3 rings (SSSR count). The molecule has 0 spiro atoms. The molecule has 6 heteroatoms. The molecule has 0 aliphatic carbocycles. The molecule has 2 atom stereocenters. The maximum atomic E-state index is 13.1. The van der Waals surface area contributed by atoms with E-state index in [-0.39, 0.29) is 23.9 Å². The normalized spacial score (nSPS) is 17.7. The predicted molar refractivity (Wildman–Crippen MR) is 101 cm³/mol. The zero-order valence-electron chi connectivity index (χ0n) is 14.4. The number of ether oxygens (including phenoxy) is 1. The average molecular weight is 405 g/mol.